The second kappa shape index (κ2) is 27.6. The number of benzene rings is 4. The highest BCUT2D eigenvalue weighted by Crippen LogP contribution is 2.37. The molecule has 2 unspecified atom stereocenters. The number of carbonyl (C=O) groups is 1. The molecule has 0 aliphatic rings. The Morgan fingerprint density at radius 3 is 2.11 bits per heavy atom. The van der Waals surface area contributed by atoms with E-state index in [0.29, 0.717) is 41.3 Å². The van der Waals surface area contributed by atoms with Crippen LogP contribution in [0.3, 0.4) is 0 Å². The van der Waals surface area contributed by atoms with Crippen LogP contribution in [0.4, 0.5) is 0 Å². The predicted octanol–water partition coefficient (Wildman–Crippen LogP) is 9.49. The van der Waals surface area contributed by atoms with E-state index in [2.05, 4.69) is 84.9 Å². The summed E-state index contributed by atoms with van der Waals surface area (Å²) in [7, 11) is -0.979. The van der Waals surface area contributed by atoms with Crippen LogP contribution in [0.2, 0.25) is 0 Å². The van der Waals surface area contributed by atoms with E-state index in [1.54, 1.807) is 12.1 Å². The summed E-state index contributed by atoms with van der Waals surface area (Å²) in [6, 6.07) is 32.8. The third-order valence-electron chi connectivity index (χ3n) is 11.6. The van der Waals surface area contributed by atoms with Crippen molar-refractivity contribution in [3.05, 3.63) is 130 Å². The molecule has 0 spiro atoms. The van der Waals surface area contributed by atoms with Crippen molar-refractivity contribution in [3.63, 3.8) is 0 Å². The number of esters is 1. The molecule has 4 aromatic carbocycles. The van der Waals surface area contributed by atoms with Crippen molar-refractivity contribution >= 4 is 13.8 Å². The van der Waals surface area contributed by atoms with E-state index in [1.807, 2.05) is 63.5 Å². The Balaban J connectivity index is 1.34. The first-order valence-electron chi connectivity index (χ1n) is 23.4. The first kappa shape index (κ1) is 53.7. The Morgan fingerprint density at radius 2 is 1.43 bits per heavy atom. The van der Waals surface area contributed by atoms with Gasteiger partial charge in [-0.3, -0.25) is 4.90 Å². The summed E-state index contributed by atoms with van der Waals surface area (Å²) < 4.78 is 33.9. The van der Waals surface area contributed by atoms with Crippen LogP contribution in [0.5, 0.6) is 11.5 Å². The SMILES string of the molecule is Cc1ccc(OC(=O)C[N+](C)(C)Cc2cc(C(O)CNCCCCCCOCCCCc3ccccc3)ccc2OCOP(=O)(O)O)c(C(CCN(C(C)C)C(C)C)c2ccccc2)c1. The zero-order chi connectivity index (χ0) is 47.2. The molecule has 0 aliphatic carbocycles. The highest BCUT2D eigenvalue weighted by Gasteiger charge is 2.28. The summed E-state index contributed by atoms with van der Waals surface area (Å²) in [5.41, 5.74) is 5.84. The predicted molar refractivity (Wildman–Crippen MR) is 259 cm³/mol. The summed E-state index contributed by atoms with van der Waals surface area (Å²) in [5, 5.41) is 14.6. The molecule has 0 saturated heterocycles. The fourth-order valence-corrected chi connectivity index (χ4v) is 8.50. The summed E-state index contributed by atoms with van der Waals surface area (Å²) >= 11 is 0. The number of quaternary nitrogens is 1. The maximum Gasteiger partial charge on any atom is 0.472 e. The Labute approximate surface area is 389 Å². The van der Waals surface area contributed by atoms with Gasteiger partial charge in [-0.25, -0.2) is 13.9 Å². The van der Waals surface area contributed by atoms with Crippen LogP contribution >= 0.6 is 7.82 Å². The lowest BCUT2D eigenvalue weighted by Crippen LogP contribution is -2.44. The molecule has 0 aromatic heterocycles. The summed E-state index contributed by atoms with van der Waals surface area (Å²) in [6.07, 6.45) is 7.47. The number of nitrogens with zero attached hydrogens (tertiary/aromatic N) is 2. The van der Waals surface area contributed by atoms with Crippen molar-refractivity contribution in [2.75, 3.05) is 60.3 Å². The Kier molecular flexibility index (Phi) is 22.8. The van der Waals surface area contributed by atoms with Crippen LogP contribution in [-0.2, 0) is 31.6 Å². The minimum Gasteiger partial charge on any atom is -0.466 e. The monoisotopic (exact) mass is 919 g/mol. The van der Waals surface area contributed by atoms with E-state index >= 15 is 0 Å². The first-order valence-corrected chi connectivity index (χ1v) is 24.9. The Hall–Kier alpha value is -3.94. The van der Waals surface area contributed by atoms with Crippen LogP contribution in [0.15, 0.2) is 97.1 Å². The van der Waals surface area contributed by atoms with Gasteiger partial charge in [0.2, 0.25) is 0 Å². The standard InChI is InChI=1S/C52H76N3O9P/c1-40(2)54(41(3)4)31-29-47(44-23-14-11-15-24-44)48-34-42(5)25-27-51(48)64-52(57)38-55(6,7)37-46-35-45(26-28-50(46)62-39-63-65(58,59)60)49(56)36-53-30-17-8-9-18-32-61-33-19-16-22-43-20-12-10-13-21-43/h10-15,20-21,23-28,34-35,40-41,47,49,53,56H,8-9,16-19,22,29-33,36-39H2,1-7H3,(H-,58,59,60)/p+1. The largest absolute Gasteiger partial charge is 0.472 e. The molecule has 65 heavy (non-hydrogen) atoms. The van der Waals surface area contributed by atoms with Crippen molar-refractivity contribution in [1.82, 2.24) is 10.2 Å². The smallest absolute Gasteiger partial charge is 0.466 e. The normalized spacial score (nSPS) is 13.1. The van der Waals surface area contributed by atoms with Crippen LogP contribution in [0.25, 0.3) is 0 Å². The van der Waals surface area contributed by atoms with Gasteiger partial charge < -0.3 is 38.9 Å². The Bertz CT molecular complexity index is 2020. The highest BCUT2D eigenvalue weighted by molar-refractivity contribution is 7.46. The Morgan fingerprint density at radius 1 is 0.785 bits per heavy atom. The quantitative estimate of drug-likeness (QED) is 0.00956. The number of aliphatic hydroxyl groups is 1. The third kappa shape index (κ3) is 20.2. The molecular weight excluding hydrogens is 842 g/mol. The highest BCUT2D eigenvalue weighted by atomic mass is 31.2. The molecule has 12 nitrogen and oxygen atoms in total. The van der Waals surface area contributed by atoms with Crippen molar-refractivity contribution in [2.24, 2.45) is 0 Å². The topological polar surface area (TPSA) is 147 Å². The van der Waals surface area contributed by atoms with Gasteiger partial charge in [0.05, 0.1) is 20.2 Å². The van der Waals surface area contributed by atoms with Crippen molar-refractivity contribution in [3.8, 4) is 11.5 Å². The molecule has 0 amide bonds. The number of ether oxygens (including phenoxy) is 3. The maximum absolute atomic E-state index is 13.9. The lowest BCUT2D eigenvalue weighted by molar-refractivity contribution is -0.896. The van der Waals surface area contributed by atoms with E-state index in [-0.39, 0.29) is 23.5 Å². The van der Waals surface area contributed by atoms with Crippen molar-refractivity contribution in [2.45, 2.75) is 117 Å². The lowest BCUT2D eigenvalue weighted by atomic mass is 9.86. The fourth-order valence-electron chi connectivity index (χ4n) is 8.31. The summed E-state index contributed by atoms with van der Waals surface area (Å²) in [4.78, 5) is 34.9. The maximum atomic E-state index is 13.9. The van der Waals surface area contributed by atoms with E-state index in [9.17, 15) is 24.3 Å². The molecular formula is C52H77N3O9P+. The molecule has 2 atom stereocenters. The molecule has 13 heteroatoms. The third-order valence-corrected chi connectivity index (χ3v) is 12.0. The van der Waals surface area contributed by atoms with Gasteiger partial charge in [-0.1, -0.05) is 97.3 Å². The van der Waals surface area contributed by atoms with Gasteiger partial charge in [0.15, 0.2) is 13.3 Å². The molecule has 0 bridgehead atoms. The number of carbonyl (C=O) groups excluding carboxylic acids is 1. The van der Waals surface area contributed by atoms with E-state index < -0.39 is 26.7 Å². The van der Waals surface area contributed by atoms with Crippen LogP contribution in [-0.4, -0.2) is 103 Å². The van der Waals surface area contributed by atoms with Crippen LogP contribution < -0.4 is 14.8 Å². The molecule has 0 fully saturated rings. The van der Waals surface area contributed by atoms with E-state index in [0.717, 1.165) is 94.4 Å². The molecule has 358 valence electrons. The number of unbranched alkanes of at least 4 members (excludes halogenated alkanes) is 4. The van der Waals surface area contributed by atoms with Gasteiger partial charge in [0.25, 0.3) is 0 Å². The number of hydrogen-bond acceptors (Lipinski definition) is 9. The minimum absolute atomic E-state index is 0.00370. The molecule has 0 radical (unpaired) electrons. The van der Waals surface area contributed by atoms with Gasteiger partial charge >= 0.3 is 13.8 Å². The number of phosphoric acid groups is 1. The number of rotatable bonds is 31. The number of likely N-dealkylation sites (N-methyl/N-ethyl adjacent to an activating group) is 1. The average molecular weight is 919 g/mol. The van der Waals surface area contributed by atoms with Gasteiger partial charge in [-0.05, 0) is 121 Å². The van der Waals surface area contributed by atoms with E-state index in [4.69, 9.17) is 14.2 Å². The minimum atomic E-state index is -4.78. The van der Waals surface area contributed by atoms with Crippen LogP contribution in [0, 0.1) is 6.92 Å². The molecule has 0 heterocycles. The number of nitrogens with one attached hydrogen (secondary N) is 1. The van der Waals surface area contributed by atoms with Gasteiger partial charge in [-0.2, -0.15) is 0 Å². The fraction of sp³-hybridized carbons (Fsp3) is 0.519. The first-order chi connectivity index (χ1) is 31.0. The number of aliphatic hydroxyl groups excluding tert-OH is 1. The van der Waals surface area contributed by atoms with Gasteiger partial charge in [0.1, 0.15) is 18.0 Å². The van der Waals surface area contributed by atoms with Crippen LogP contribution in [0.1, 0.15) is 118 Å². The average Bonchev–Trinajstić information content (AvgIpc) is 3.24. The number of hydrogen-bond donors (Lipinski definition) is 4. The molecule has 0 saturated carbocycles. The van der Waals surface area contributed by atoms with Crippen molar-refractivity contribution < 1.29 is 47.5 Å². The summed E-state index contributed by atoms with van der Waals surface area (Å²) in [6.45, 7) is 14.1. The second-order valence-electron chi connectivity index (χ2n) is 18.4. The zero-order valence-electron chi connectivity index (χ0n) is 40.0. The lowest BCUT2D eigenvalue weighted by Gasteiger charge is -2.32. The summed E-state index contributed by atoms with van der Waals surface area (Å²) in [5.74, 6) is 0.436. The van der Waals surface area contributed by atoms with Gasteiger partial charge in [-0.15, -0.1) is 0 Å². The second-order valence-corrected chi connectivity index (χ2v) is 19.6. The molecule has 0 aliphatic heterocycles. The van der Waals surface area contributed by atoms with Gasteiger partial charge in [0, 0.05) is 48.9 Å². The molecule has 4 rings (SSSR count). The van der Waals surface area contributed by atoms with E-state index in [1.165, 1.54) is 5.56 Å². The molecule has 4 N–H and O–H groups in total. The molecule has 4 aromatic rings. The number of aryl methyl sites for hydroxylation is 2. The zero-order valence-corrected chi connectivity index (χ0v) is 40.9. The van der Waals surface area contributed by atoms with Crippen molar-refractivity contribution in [1.29, 1.82) is 0 Å². The number of phosphoric ester groups is 1.